The molecule has 1 aromatic carbocycles. The van der Waals surface area contributed by atoms with Crippen molar-refractivity contribution in [3.05, 3.63) is 23.2 Å². The van der Waals surface area contributed by atoms with Crippen LogP contribution < -0.4 is 15.5 Å². The van der Waals surface area contributed by atoms with E-state index in [1.54, 1.807) is 0 Å². The Morgan fingerprint density at radius 2 is 2.00 bits per heavy atom. The molecule has 2 rings (SSSR count). The second kappa shape index (κ2) is 8.50. The first kappa shape index (κ1) is 18.0. The van der Waals surface area contributed by atoms with E-state index < -0.39 is 0 Å². The van der Waals surface area contributed by atoms with Crippen LogP contribution in [-0.2, 0) is 4.79 Å². The van der Waals surface area contributed by atoms with Crippen LogP contribution in [0.2, 0.25) is 5.02 Å². The molecule has 2 N–H and O–H groups in total. The Labute approximate surface area is 148 Å². The zero-order valence-electron chi connectivity index (χ0n) is 13.7. The number of nitrogens with one attached hydrogen (secondary N) is 2. The van der Waals surface area contributed by atoms with Gasteiger partial charge in [0.25, 0.3) is 0 Å². The number of carbonyl (C=O) groups excluding carboxylic acids is 1. The number of carbonyl (C=O) groups is 1. The summed E-state index contributed by atoms with van der Waals surface area (Å²) in [7, 11) is 0. The second-order valence-corrected chi connectivity index (χ2v) is 7.13. The molecular weight excluding hydrogens is 330 g/mol. The largest absolute Gasteiger partial charge is 0.370 e. The predicted molar refractivity (Wildman–Crippen MR) is 101 cm³/mol. The maximum absolute atomic E-state index is 11.7. The van der Waals surface area contributed by atoms with Gasteiger partial charge in [-0.3, -0.25) is 4.79 Å². The van der Waals surface area contributed by atoms with Gasteiger partial charge < -0.3 is 15.5 Å². The third-order valence-corrected chi connectivity index (χ3v) is 4.26. The molecule has 0 aliphatic carbocycles. The van der Waals surface area contributed by atoms with E-state index in [-0.39, 0.29) is 5.91 Å². The summed E-state index contributed by atoms with van der Waals surface area (Å²) < 4.78 is 0. The molecule has 126 valence electrons. The smallest absolute Gasteiger partial charge is 0.226 e. The van der Waals surface area contributed by atoms with Gasteiger partial charge in [0.2, 0.25) is 5.91 Å². The van der Waals surface area contributed by atoms with E-state index in [1.165, 1.54) is 19.3 Å². The zero-order valence-corrected chi connectivity index (χ0v) is 15.3. The van der Waals surface area contributed by atoms with E-state index in [2.05, 4.69) is 15.5 Å². The molecule has 0 bridgehead atoms. The van der Waals surface area contributed by atoms with Crippen molar-refractivity contribution in [1.82, 2.24) is 5.32 Å². The first-order valence-corrected chi connectivity index (χ1v) is 8.89. The highest BCUT2D eigenvalue weighted by Crippen LogP contribution is 2.30. The summed E-state index contributed by atoms with van der Waals surface area (Å²) in [5.41, 5.74) is 1.84. The molecule has 1 saturated heterocycles. The SMILES string of the molecule is CC(C)CC(=O)NC(=S)Nc1ccc(N2CCCCC2)c(Cl)c1. The van der Waals surface area contributed by atoms with Crippen LogP contribution in [0.25, 0.3) is 0 Å². The van der Waals surface area contributed by atoms with Crippen LogP contribution >= 0.6 is 23.8 Å². The number of nitrogens with zero attached hydrogens (tertiary/aromatic N) is 1. The third kappa shape index (κ3) is 5.66. The standard InChI is InChI=1S/C17H24ClN3OS/c1-12(2)10-16(22)20-17(23)19-13-6-7-15(14(18)11-13)21-8-4-3-5-9-21/h6-7,11-12H,3-5,8-10H2,1-2H3,(H2,19,20,22,23). The molecule has 0 aromatic heterocycles. The quantitative estimate of drug-likeness (QED) is 0.797. The van der Waals surface area contributed by atoms with E-state index in [0.29, 0.717) is 22.5 Å². The summed E-state index contributed by atoms with van der Waals surface area (Å²) in [6, 6.07) is 5.80. The van der Waals surface area contributed by atoms with E-state index in [4.69, 9.17) is 23.8 Å². The molecule has 1 aliphatic rings. The molecule has 0 unspecified atom stereocenters. The van der Waals surface area contributed by atoms with Gasteiger partial charge in [0.1, 0.15) is 0 Å². The Kier molecular flexibility index (Phi) is 6.66. The molecule has 1 fully saturated rings. The number of rotatable bonds is 4. The average Bonchev–Trinajstić information content (AvgIpc) is 2.47. The van der Waals surface area contributed by atoms with E-state index in [0.717, 1.165) is 24.5 Å². The van der Waals surface area contributed by atoms with Crippen molar-refractivity contribution in [3.8, 4) is 0 Å². The van der Waals surface area contributed by atoms with Crippen molar-refractivity contribution in [2.45, 2.75) is 39.5 Å². The highest BCUT2D eigenvalue weighted by atomic mass is 35.5. The summed E-state index contributed by atoms with van der Waals surface area (Å²) in [5.74, 6) is 0.226. The van der Waals surface area contributed by atoms with Crippen molar-refractivity contribution >= 4 is 46.2 Å². The van der Waals surface area contributed by atoms with E-state index in [9.17, 15) is 4.79 Å². The van der Waals surface area contributed by atoms with Gasteiger partial charge in [-0.2, -0.15) is 0 Å². The topological polar surface area (TPSA) is 44.4 Å². The van der Waals surface area contributed by atoms with E-state index >= 15 is 0 Å². The van der Waals surface area contributed by atoms with Crippen molar-refractivity contribution in [2.75, 3.05) is 23.3 Å². The number of piperidine rings is 1. The maximum atomic E-state index is 11.7. The molecule has 0 spiro atoms. The fourth-order valence-electron chi connectivity index (χ4n) is 2.69. The summed E-state index contributed by atoms with van der Waals surface area (Å²) in [6.45, 7) is 6.09. The van der Waals surface area contributed by atoms with Gasteiger partial charge in [-0.15, -0.1) is 0 Å². The minimum Gasteiger partial charge on any atom is -0.370 e. The van der Waals surface area contributed by atoms with Gasteiger partial charge in [-0.1, -0.05) is 25.4 Å². The lowest BCUT2D eigenvalue weighted by Crippen LogP contribution is -2.34. The van der Waals surface area contributed by atoms with Crippen LogP contribution in [0.15, 0.2) is 18.2 Å². The predicted octanol–water partition coefficient (Wildman–Crippen LogP) is 4.19. The Bertz CT molecular complexity index is 571. The molecular formula is C17H24ClN3OS. The Hall–Kier alpha value is -1.33. The Balaban J connectivity index is 1.94. The Morgan fingerprint density at radius 1 is 1.30 bits per heavy atom. The van der Waals surface area contributed by atoms with Crippen LogP contribution in [0.5, 0.6) is 0 Å². The maximum Gasteiger partial charge on any atom is 0.226 e. The van der Waals surface area contributed by atoms with Crippen LogP contribution in [0.1, 0.15) is 39.5 Å². The van der Waals surface area contributed by atoms with Crippen LogP contribution in [0, 0.1) is 5.92 Å². The molecule has 4 nitrogen and oxygen atoms in total. The van der Waals surface area contributed by atoms with Crippen molar-refractivity contribution < 1.29 is 4.79 Å². The molecule has 6 heteroatoms. The first-order chi connectivity index (χ1) is 11.0. The number of hydrogen-bond acceptors (Lipinski definition) is 3. The van der Waals surface area contributed by atoms with Gasteiger partial charge in [-0.25, -0.2) is 0 Å². The summed E-state index contributed by atoms with van der Waals surface area (Å²) in [6.07, 6.45) is 4.17. The van der Waals surface area contributed by atoms with Gasteiger partial charge in [0, 0.05) is 25.2 Å². The lowest BCUT2D eigenvalue weighted by atomic mass is 10.1. The number of halogens is 1. The normalized spacial score (nSPS) is 14.7. The highest BCUT2D eigenvalue weighted by Gasteiger charge is 2.14. The van der Waals surface area contributed by atoms with Gasteiger partial charge in [0.05, 0.1) is 10.7 Å². The number of hydrogen-bond donors (Lipinski definition) is 2. The first-order valence-electron chi connectivity index (χ1n) is 8.11. The van der Waals surface area contributed by atoms with Crippen molar-refractivity contribution in [2.24, 2.45) is 5.92 Å². The molecule has 1 heterocycles. The lowest BCUT2D eigenvalue weighted by molar-refractivity contribution is -0.120. The zero-order chi connectivity index (χ0) is 16.8. The summed E-state index contributed by atoms with van der Waals surface area (Å²) in [4.78, 5) is 14.0. The van der Waals surface area contributed by atoms with Gasteiger partial charge in [-0.05, 0) is 55.6 Å². The van der Waals surface area contributed by atoms with Crippen LogP contribution in [0.4, 0.5) is 11.4 Å². The lowest BCUT2D eigenvalue weighted by Gasteiger charge is -2.29. The third-order valence-electron chi connectivity index (χ3n) is 3.75. The van der Waals surface area contributed by atoms with Crippen LogP contribution in [-0.4, -0.2) is 24.1 Å². The number of thiocarbonyl (C=S) groups is 1. The molecule has 0 saturated carbocycles. The monoisotopic (exact) mass is 353 g/mol. The van der Waals surface area contributed by atoms with Crippen LogP contribution in [0.3, 0.4) is 0 Å². The number of benzene rings is 1. The minimum atomic E-state index is -0.0754. The molecule has 0 atom stereocenters. The van der Waals surface area contributed by atoms with Gasteiger partial charge in [0.15, 0.2) is 5.11 Å². The molecule has 23 heavy (non-hydrogen) atoms. The molecule has 1 amide bonds. The fraction of sp³-hybridized carbons (Fsp3) is 0.529. The molecule has 0 radical (unpaired) electrons. The minimum absolute atomic E-state index is 0.0754. The Morgan fingerprint density at radius 3 is 2.61 bits per heavy atom. The average molecular weight is 354 g/mol. The second-order valence-electron chi connectivity index (χ2n) is 6.31. The fourth-order valence-corrected chi connectivity index (χ4v) is 3.22. The van der Waals surface area contributed by atoms with Gasteiger partial charge >= 0.3 is 0 Å². The number of amides is 1. The van der Waals surface area contributed by atoms with E-state index in [1.807, 2.05) is 32.0 Å². The summed E-state index contributed by atoms with van der Waals surface area (Å²) in [5, 5.41) is 6.70. The summed E-state index contributed by atoms with van der Waals surface area (Å²) >= 11 is 11.6. The van der Waals surface area contributed by atoms with Crippen molar-refractivity contribution in [1.29, 1.82) is 0 Å². The van der Waals surface area contributed by atoms with Crippen molar-refractivity contribution in [3.63, 3.8) is 0 Å². The molecule has 1 aromatic rings. The molecule has 1 aliphatic heterocycles. The number of anilines is 2. The highest BCUT2D eigenvalue weighted by molar-refractivity contribution is 7.80.